The molecule has 68 valence electrons. The first kappa shape index (κ1) is 9.11. The van der Waals surface area contributed by atoms with Crippen LogP contribution in [0.2, 0.25) is 0 Å². The minimum atomic E-state index is -1.82. The Morgan fingerprint density at radius 3 is 2.42 bits per heavy atom. The highest BCUT2D eigenvalue weighted by Gasteiger charge is 2.45. The van der Waals surface area contributed by atoms with E-state index >= 15 is 0 Å². The molecule has 1 saturated heterocycles. The number of hydrogen-bond donors (Lipinski definition) is 3. The minimum Gasteiger partial charge on any atom is -0.449 e. The lowest BCUT2D eigenvalue weighted by Gasteiger charge is -2.11. The van der Waals surface area contributed by atoms with Crippen molar-refractivity contribution in [1.29, 1.82) is 0 Å². The van der Waals surface area contributed by atoms with Crippen LogP contribution in [-0.2, 0) is 14.3 Å². The van der Waals surface area contributed by atoms with Crippen LogP contribution in [0.3, 0.4) is 0 Å². The fourth-order valence-electron chi connectivity index (χ4n) is 0.883. The number of ether oxygens (including phenoxy) is 1. The fraction of sp³-hybridized carbons (Fsp3) is 0.667. The molecule has 0 aliphatic carbocycles. The lowest BCUT2D eigenvalue weighted by Crippen LogP contribution is -2.36. The van der Waals surface area contributed by atoms with Crippen LogP contribution in [0.4, 0.5) is 0 Å². The van der Waals surface area contributed by atoms with Gasteiger partial charge in [-0.1, -0.05) is 0 Å². The number of hydrogen-bond acceptors (Lipinski definition) is 6. The summed E-state index contributed by atoms with van der Waals surface area (Å²) in [5.41, 5.74) is 0. The second-order valence-corrected chi connectivity index (χ2v) is 2.41. The van der Waals surface area contributed by atoms with Gasteiger partial charge >= 0.3 is 5.97 Å². The summed E-state index contributed by atoms with van der Waals surface area (Å²) in [4.78, 5) is 21.4. The van der Waals surface area contributed by atoms with Crippen LogP contribution in [0.15, 0.2) is 0 Å². The predicted molar refractivity (Wildman–Crippen MR) is 34.0 cm³/mol. The van der Waals surface area contributed by atoms with Gasteiger partial charge in [0, 0.05) is 0 Å². The van der Waals surface area contributed by atoms with Crippen molar-refractivity contribution in [3.63, 3.8) is 0 Å². The van der Waals surface area contributed by atoms with Gasteiger partial charge in [0.15, 0.2) is 6.10 Å². The van der Waals surface area contributed by atoms with E-state index in [1.165, 1.54) is 0 Å². The standard InChI is InChI=1S/C6H8O6/c7-1-2(8)5-3(9)4(10)6(11)12-5/h2,4-5,7-8,10H,1H2/t2-,4+,5+/m1/s1. The summed E-state index contributed by atoms with van der Waals surface area (Å²) in [5, 5.41) is 26.1. The van der Waals surface area contributed by atoms with Crippen LogP contribution in [0.25, 0.3) is 0 Å². The summed E-state index contributed by atoms with van der Waals surface area (Å²) < 4.78 is 4.29. The van der Waals surface area contributed by atoms with Gasteiger partial charge in [-0.15, -0.1) is 0 Å². The number of aliphatic hydroxyl groups excluding tert-OH is 3. The fourth-order valence-corrected chi connectivity index (χ4v) is 0.883. The minimum absolute atomic E-state index is 0.698. The topological polar surface area (TPSA) is 104 Å². The molecule has 1 fully saturated rings. The summed E-state index contributed by atoms with van der Waals surface area (Å²) in [6.45, 7) is -0.698. The summed E-state index contributed by atoms with van der Waals surface area (Å²) in [6.07, 6.45) is -4.72. The predicted octanol–water partition coefficient (Wildman–Crippen LogP) is -2.80. The molecule has 0 aromatic carbocycles. The quantitative estimate of drug-likeness (QED) is 0.310. The molecule has 12 heavy (non-hydrogen) atoms. The first-order chi connectivity index (χ1) is 5.57. The molecule has 1 heterocycles. The SMILES string of the molecule is O=C1O[C@@H]([C@H](O)CO)C(=O)[C@@H]1O. The van der Waals surface area contributed by atoms with E-state index in [2.05, 4.69) is 4.74 Å². The van der Waals surface area contributed by atoms with Crippen molar-refractivity contribution in [2.45, 2.75) is 18.3 Å². The normalized spacial score (nSPS) is 31.9. The monoisotopic (exact) mass is 176 g/mol. The highest BCUT2D eigenvalue weighted by atomic mass is 16.6. The van der Waals surface area contributed by atoms with Crippen molar-refractivity contribution in [1.82, 2.24) is 0 Å². The van der Waals surface area contributed by atoms with E-state index in [-0.39, 0.29) is 0 Å². The molecule has 0 bridgehead atoms. The van der Waals surface area contributed by atoms with Crippen molar-refractivity contribution in [2.24, 2.45) is 0 Å². The third kappa shape index (κ3) is 1.31. The molecule has 0 spiro atoms. The Bertz CT molecular complexity index is 212. The molecule has 0 radical (unpaired) electrons. The number of rotatable bonds is 2. The van der Waals surface area contributed by atoms with Gasteiger partial charge in [0.05, 0.1) is 6.61 Å². The Balaban J connectivity index is 2.71. The van der Waals surface area contributed by atoms with E-state index in [0.29, 0.717) is 0 Å². The number of ketones is 1. The number of carbonyl (C=O) groups is 2. The van der Waals surface area contributed by atoms with Crippen LogP contribution in [0.1, 0.15) is 0 Å². The van der Waals surface area contributed by atoms with Gasteiger partial charge in [-0.3, -0.25) is 4.79 Å². The maximum absolute atomic E-state index is 10.8. The second-order valence-electron chi connectivity index (χ2n) is 2.41. The molecule has 0 amide bonds. The van der Waals surface area contributed by atoms with Gasteiger partial charge in [-0.25, -0.2) is 4.79 Å². The van der Waals surface area contributed by atoms with Crippen LogP contribution in [0, 0.1) is 0 Å². The zero-order chi connectivity index (χ0) is 9.30. The van der Waals surface area contributed by atoms with Crippen molar-refractivity contribution < 1.29 is 29.6 Å². The highest BCUT2D eigenvalue weighted by Crippen LogP contribution is 2.13. The number of carbonyl (C=O) groups excluding carboxylic acids is 2. The Morgan fingerprint density at radius 2 is 2.08 bits per heavy atom. The Kier molecular flexibility index (Phi) is 2.41. The molecule has 1 rings (SSSR count). The first-order valence-electron chi connectivity index (χ1n) is 3.29. The summed E-state index contributed by atoms with van der Waals surface area (Å²) >= 11 is 0. The molecule has 0 aromatic rings. The van der Waals surface area contributed by atoms with Crippen molar-refractivity contribution in [3.8, 4) is 0 Å². The van der Waals surface area contributed by atoms with E-state index in [1.54, 1.807) is 0 Å². The van der Waals surface area contributed by atoms with Gasteiger partial charge < -0.3 is 20.1 Å². The molecule has 6 nitrogen and oxygen atoms in total. The third-order valence-corrected chi connectivity index (χ3v) is 1.55. The third-order valence-electron chi connectivity index (χ3n) is 1.55. The number of aliphatic hydroxyl groups is 3. The number of esters is 1. The van der Waals surface area contributed by atoms with Crippen molar-refractivity contribution >= 4 is 11.8 Å². The number of Topliss-reactive ketones (excluding diaryl/α,β-unsaturated/α-hetero) is 1. The smallest absolute Gasteiger partial charge is 0.343 e. The second kappa shape index (κ2) is 3.18. The van der Waals surface area contributed by atoms with E-state index in [1.807, 2.05) is 0 Å². The average Bonchev–Trinajstić information content (AvgIpc) is 2.32. The van der Waals surface area contributed by atoms with Crippen LogP contribution in [-0.4, -0.2) is 52.0 Å². The van der Waals surface area contributed by atoms with Gasteiger partial charge in [0.1, 0.15) is 6.10 Å². The molecule has 3 atom stereocenters. The summed E-state index contributed by atoms with van der Waals surface area (Å²) in [7, 11) is 0. The highest BCUT2D eigenvalue weighted by molar-refractivity contribution is 6.09. The Labute approximate surface area is 67.4 Å². The van der Waals surface area contributed by atoms with Crippen LogP contribution < -0.4 is 0 Å². The van der Waals surface area contributed by atoms with E-state index in [9.17, 15) is 9.59 Å². The summed E-state index contributed by atoms with van der Waals surface area (Å²) in [5.74, 6) is -2.00. The van der Waals surface area contributed by atoms with E-state index in [0.717, 1.165) is 0 Å². The van der Waals surface area contributed by atoms with Crippen molar-refractivity contribution in [3.05, 3.63) is 0 Å². The molecule has 0 saturated carbocycles. The van der Waals surface area contributed by atoms with Gasteiger partial charge in [-0.2, -0.15) is 0 Å². The maximum Gasteiger partial charge on any atom is 0.343 e. The molecular weight excluding hydrogens is 168 g/mol. The van der Waals surface area contributed by atoms with Gasteiger partial charge in [0.25, 0.3) is 0 Å². The Hall–Kier alpha value is -0.980. The van der Waals surface area contributed by atoms with Crippen LogP contribution in [0.5, 0.6) is 0 Å². The molecular formula is C6H8O6. The largest absolute Gasteiger partial charge is 0.449 e. The van der Waals surface area contributed by atoms with Gasteiger partial charge in [-0.05, 0) is 0 Å². The van der Waals surface area contributed by atoms with E-state index < -0.39 is 36.7 Å². The number of cyclic esters (lactones) is 1. The zero-order valence-corrected chi connectivity index (χ0v) is 6.01. The molecule has 3 N–H and O–H groups in total. The molecule has 1 aliphatic heterocycles. The molecule has 0 aromatic heterocycles. The Morgan fingerprint density at radius 1 is 1.50 bits per heavy atom. The maximum atomic E-state index is 10.8. The van der Waals surface area contributed by atoms with E-state index in [4.69, 9.17) is 15.3 Å². The average molecular weight is 176 g/mol. The molecule has 0 unspecified atom stereocenters. The van der Waals surface area contributed by atoms with Crippen LogP contribution >= 0.6 is 0 Å². The molecule has 6 heteroatoms. The lowest BCUT2D eigenvalue weighted by atomic mass is 10.1. The van der Waals surface area contributed by atoms with Crippen molar-refractivity contribution in [2.75, 3.05) is 6.61 Å². The zero-order valence-electron chi connectivity index (χ0n) is 6.01. The summed E-state index contributed by atoms with van der Waals surface area (Å²) in [6, 6.07) is 0. The first-order valence-corrected chi connectivity index (χ1v) is 3.29. The molecule has 1 aliphatic rings. The van der Waals surface area contributed by atoms with Gasteiger partial charge in [0.2, 0.25) is 11.9 Å². The lowest BCUT2D eigenvalue weighted by molar-refractivity contribution is -0.151.